The molecule has 0 fully saturated rings. The van der Waals surface area contributed by atoms with Gasteiger partial charge >= 0.3 is 0 Å². The van der Waals surface area contributed by atoms with Crippen molar-refractivity contribution in [2.75, 3.05) is 21.3 Å². The summed E-state index contributed by atoms with van der Waals surface area (Å²) in [6.45, 7) is 1.56. The lowest BCUT2D eigenvalue weighted by molar-refractivity contribution is -0.119. The van der Waals surface area contributed by atoms with Crippen LogP contribution in [-0.4, -0.2) is 31.8 Å². The number of hydrogen-bond acceptors (Lipinski definition) is 4. The van der Waals surface area contributed by atoms with Gasteiger partial charge in [-0.3, -0.25) is 4.79 Å². The van der Waals surface area contributed by atoms with E-state index in [9.17, 15) is 4.79 Å². The van der Waals surface area contributed by atoms with Crippen LogP contribution in [0.25, 0.3) is 22.2 Å². The molecule has 2 aromatic carbocycles. The fraction of sp³-hybridized carbons (Fsp3) is 0.348. The summed E-state index contributed by atoms with van der Waals surface area (Å²) >= 11 is 0. The summed E-state index contributed by atoms with van der Waals surface area (Å²) < 4.78 is 19.3. The largest absolute Gasteiger partial charge is 0.493 e. The van der Waals surface area contributed by atoms with Crippen LogP contribution in [0.1, 0.15) is 30.5 Å². The van der Waals surface area contributed by atoms with Crippen LogP contribution in [0.3, 0.4) is 0 Å². The smallest absolute Gasteiger partial charge is 0.217 e. The summed E-state index contributed by atoms with van der Waals surface area (Å²) in [6.07, 6.45) is 1.56. The molecule has 1 N–H and O–H groups in total. The molecule has 0 saturated heterocycles. The highest BCUT2D eigenvalue weighted by molar-refractivity contribution is 5.96. The Hall–Kier alpha value is -3.15. The van der Waals surface area contributed by atoms with Crippen LogP contribution in [0.4, 0.5) is 0 Å². The first-order valence-corrected chi connectivity index (χ1v) is 9.68. The van der Waals surface area contributed by atoms with Crippen molar-refractivity contribution in [1.82, 2.24) is 9.88 Å². The molecule has 3 aromatic rings. The van der Waals surface area contributed by atoms with Crippen LogP contribution in [0.5, 0.6) is 17.2 Å². The average Bonchev–Trinajstić information content (AvgIpc) is 2.91. The maximum Gasteiger partial charge on any atom is 0.217 e. The molecule has 1 aliphatic rings. The molecule has 0 spiro atoms. The highest BCUT2D eigenvalue weighted by Crippen LogP contribution is 2.52. The van der Waals surface area contributed by atoms with Crippen molar-refractivity contribution in [3.8, 4) is 28.5 Å². The Kier molecular flexibility index (Phi) is 4.86. The summed E-state index contributed by atoms with van der Waals surface area (Å²) in [5, 5.41) is 4.29. The van der Waals surface area contributed by atoms with Gasteiger partial charge in [0.15, 0.2) is 11.5 Å². The molecular weight excluding hydrogens is 368 g/mol. The Labute approximate surface area is 170 Å². The lowest BCUT2D eigenvalue weighted by Gasteiger charge is -2.20. The maximum atomic E-state index is 12.0. The number of methoxy groups -OCH3 is 3. The zero-order valence-electron chi connectivity index (χ0n) is 17.5. The van der Waals surface area contributed by atoms with Crippen LogP contribution in [0.15, 0.2) is 30.3 Å². The third-order valence-electron chi connectivity index (χ3n) is 5.72. The number of nitrogens with zero attached hydrogens (tertiary/aromatic N) is 1. The van der Waals surface area contributed by atoms with Crippen LogP contribution in [-0.2, 0) is 18.3 Å². The minimum atomic E-state index is -0.0947. The van der Waals surface area contributed by atoms with Gasteiger partial charge in [0.1, 0.15) is 0 Å². The summed E-state index contributed by atoms with van der Waals surface area (Å²) in [5.41, 5.74) is 5.36. The summed E-state index contributed by atoms with van der Waals surface area (Å²) in [7, 11) is 6.95. The molecule has 1 atom stereocenters. The molecular formula is C23H26N2O4. The minimum absolute atomic E-state index is 0.0398. The molecule has 1 amide bonds. The van der Waals surface area contributed by atoms with Gasteiger partial charge in [0, 0.05) is 36.0 Å². The number of carbonyl (C=O) groups excluding carboxylic acids is 1. The zero-order valence-corrected chi connectivity index (χ0v) is 17.5. The van der Waals surface area contributed by atoms with E-state index in [0.717, 1.165) is 46.1 Å². The predicted molar refractivity (Wildman–Crippen MR) is 113 cm³/mol. The van der Waals surface area contributed by atoms with Crippen molar-refractivity contribution in [1.29, 1.82) is 0 Å². The second kappa shape index (κ2) is 7.35. The van der Waals surface area contributed by atoms with Crippen molar-refractivity contribution in [3.05, 3.63) is 41.5 Å². The minimum Gasteiger partial charge on any atom is -0.493 e. The Bertz CT molecular complexity index is 1100. The molecule has 1 aromatic heterocycles. The summed E-state index contributed by atoms with van der Waals surface area (Å²) in [4.78, 5) is 12.0. The van der Waals surface area contributed by atoms with Crippen LogP contribution in [0.2, 0.25) is 0 Å². The lowest BCUT2D eigenvalue weighted by Crippen LogP contribution is -2.26. The fourth-order valence-electron chi connectivity index (χ4n) is 4.58. The highest BCUT2D eigenvalue weighted by Gasteiger charge is 2.33. The van der Waals surface area contributed by atoms with Gasteiger partial charge in [-0.05, 0) is 30.5 Å². The van der Waals surface area contributed by atoms with Crippen LogP contribution < -0.4 is 19.5 Å². The number of nitrogens with one attached hydrogen (secondary N) is 1. The first-order valence-electron chi connectivity index (χ1n) is 9.68. The Morgan fingerprint density at radius 2 is 1.83 bits per heavy atom. The number of aromatic nitrogens is 1. The summed E-state index contributed by atoms with van der Waals surface area (Å²) in [5.74, 6) is 1.82. The van der Waals surface area contributed by atoms with Crippen molar-refractivity contribution < 1.29 is 19.0 Å². The molecule has 152 valence electrons. The normalized spacial score (nSPS) is 15.3. The first kappa shape index (κ1) is 19.2. The molecule has 1 aliphatic carbocycles. The van der Waals surface area contributed by atoms with Gasteiger partial charge in [0.25, 0.3) is 0 Å². The SMILES string of the molecule is COc1cc2c(c(OC)c1OC)-c1c(c3ccccc3n1C)[C@H](NC(C)=O)CC2. The van der Waals surface area contributed by atoms with Gasteiger partial charge < -0.3 is 24.1 Å². The van der Waals surface area contributed by atoms with Gasteiger partial charge in [-0.25, -0.2) is 0 Å². The van der Waals surface area contributed by atoms with Crippen molar-refractivity contribution >= 4 is 16.8 Å². The fourth-order valence-corrected chi connectivity index (χ4v) is 4.58. The van der Waals surface area contributed by atoms with E-state index < -0.39 is 0 Å². The Balaban J connectivity index is 2.13. The van der Waals surface area contributed by atoms with Gasteiger partial charge in [-0.15, -0.1) is 0 Å². The van der Waals surface area contributed by atoms with E-state index in [1.165, 1.54) is 0 Å². The van der Waals surface area contributed by atoms with E-state index in [1.54, 1.807) is 28.3 Å². The molecule has 1 heterocycles. The van der Waals surface area contributed by atoms with Gasteiger partial charge in [-0.1, -0.05) is 18.2 Å². The second-order valence-corrected chi connectivity index (χ2v) is 7.31. The number of para-hydroxylation sites is 1. The van der Waals surface area contributed by atoms with Gasteiger partial charge in [0.05, 0.1) is 33.1 Å². The quantitative estimate of drug-likeness (QED) is 0.727. The van der Waals surface area contributed by atoms with E-state index in [0.29, 0.717) is 17.2 Å². The predicted octanol–water partition coefficient (Wildman–Crippen LogP) is 3.99. The number of hydrogen-bond donors (Lipinski definition) is 1. The number of aryl methyl sites for hydroxylation is 2. The molecule has 0 radical (unpaired) electrons. The highest BCUT2D eigenvalue weighted by atomic mass is 16.5. The molecule has 4 rings (SSSR count). The molecule has 6 nitrogen and oxygen atoms in total. The number of carbonyl (C=O) groups is 1. The Morgan fingerprint density at radius 1 is 1.10 bits per heavy atom. The third-order valence-corrected chi connectivity index (χ3v) is 5.72. The lowest BCUT2D eigenvalue weighted by atomic mass is 9.98. The van der Waals surface area contributed by atoms with E-state index in [4.69, 9.17) is 14.2 Å². The van der Waals surface area contributed by atoms with E-state index in [2.05, 4.69) is 29.1 Å². The van der Waals surface area contributed by atoms with Crippen molar-refractivity contribution in [2.45, 2.75) is 25.8 Å². The molecule has 6 heteroatoms. The standard InChI is InChI=1S/C23H26N2O4/c1-13(26)24-16-11-10-14-12-18(27-3)22(28-4)23(29-5)19(14)21-20(16)15-8-6-7-9-17(15)25(21)2/h6-9,12,16H,10-11H2,1-5H3,(H,24,26)/t16-/m1/s1. The zero-order chi connectivity index (χ0) is 20.7. The topological polar surface area (TPSA) is 61.7 Å². The van der Waals surface area contributed by atoms with Crippen molar-refractivity contribution in [3.63, 3.8) is 0 Å². The first-order chi connectivity index (χ1) is 14.0. The van der Waals surface area contributed by atoms with E-state index >= 15 is 0 Å². The number of amides is 1. The third kappa shape index (κ3) is 2.90. The second-order valence-electron chi connectivity index (χ2n) is 7.31. The van der Waals surface area contributed by atoms with Crippen molar-refractivity contribution in [2.24, 2.45) is 7.05 Å². The Morgan fingerprint density at radius 3 is 2.48 bits per heavy atom. The van der Waals surface area contributed by atoms with Gasteiger partial charge in [0.2, 0.25) is 11.7 Å². The summed E-state index contributed by atoms with van der Waals surface area (Å²) in [6, 6.07) is 10.2. The van der Waals surface area contributed by atoms with Crippen LogP contribution in [0, 0.1) is 0 Å². The van der Waals surface area contributed by atoms with Crippen LogP contribution >= 0.6 is 0 Å². The van der Waals surface area contributed by atoms with Gasteiger partial charge in [-0.2, -0.15) is 0 Å². The number of benzene rings is 2. The average molecular weight is 394 g/mol. The maximum absolute atomic E-state index is 12.0. The molecule has 0 aliphatic heterocycles. The number of fused-ring (bicyclic) bond motifs is 5. The van der Waals surface area contributed by atoms with E-state index in [-0.39, 0.29) is 11.9 Å². The molecule has 0 saturated carbocycles. The number of ether oxygens (including phenoxy) is 3. The molecule has 0 bridgehead atoms. The monoisotopic (exact) mass is 394 g/mol. The van der Waals surface area contributed by atoms with E-state index in [1.807, 2.05) is 18.2 Å². The molecule has 29 heavy (non-hydrogen) atoms. The molecule has 0 unspecified atom stereocenters. The number of rotatable bonds is 4.